The van der Waals surface area contributed by atoms with Gasteiger partial charge in [-0.15, -0.1) is 24.0 Å². The van der Waals surface area contributed by atoms with Gasteiger partial charge in [0.05, 0.1) is 24.9 Å². The van der Waals surface area contributed by atoms with Crippen LogP contribution >= 0.6 is 24.0 Å². The third-order valence-electron chi connectivity index (χ3n) is 5.53. The summed E-state index contributed by atoms with van der Waals surface area (Å²) in [4.78, 5) is 6.90. The van der Waals surface area contributed by atoms with Crippen molar-refractivity contribution < 1.29 is 9.47 Å². The van der Waals surface area contributed by atoms with E-state index < -0.39 is 0 Å². The fourth-order valence-electron chi connectivity index (χ4n) is 3.89. The van der Waals surface area contributed by atoms with Gasteiger partial charge in [0.1, 0.15) is 0 Å². The zero-order chi connectivity index (χ0) is 19.1. The van der Waals surface area contributed by atoms with Gasteiger partial charge in [0.15, 0.2) is 5.96 Å². The van der Waals surface area contributed by atoms with Gasteiger partial charge < -0.3 is 20.1 Å². The molecule has 2 N–H and O–H groups in total. The number of halogens is 1. The topological polar surface area (TPSA) is 58.1 Å². The molecule has 28 heavy (non-hydrogen) atoms. The Morgan fingerprint density at radius 2 is 2.04 bits per heavy atom. The molecule has 2 heterocycles. The normalized spacial score (nSPS) is 24.5. The van der Waals surface area contributed by atoms with Crippen LogP contribution in [0.2, 0.25) is 0 Å². The lowest BCUT2D eigenvalue weighted by Gasteiger charge is -2.35. The van der Waals surface area contributed by atoms with E-state index in [-0.39, 0.29) is 29.6 Å². The van der Waals surface area contributed by atoms with Crippen LogP contribution in [0.1, 0.15) is 36.9 Å². The van der Waals surface area contributed by atoms with Gasteiger partial charge in [-0.2, -0.15) is 0 Å². The number of nitrogens with zero attached hydrogens (tertiary/aromatic N) is 2. The van der Waals surface area contributed by atoms with Gasteiger partial charge >= 0.3 is 0 Å². The number of aryl methyl sites for hydroxylation is 1. The molecule has 0 amide bonds. The van der Waals surface area contributed by atoms with Gasteiger partial charge in [-0.3, -0.25) is 9.89 Å². The number of benzene rings is 1. The van der Waals surface area contributed by atoms with Crippen molar-refractivity contribution in [3.05, 3.63) is 35.4 Å². The molecule has 0 saturated carbocycles. The minimum Gasteiger partial charge on any atom is -0.379 e. The lowest BCUT2D eigenvalue weighted by atomic mass is 10.0. The number of hydrogen-bond acceptors (Lipinski definition) is 4. The highest BCUT2D eigenvalue weighted by atomic mass is 127. The molecule has 0 radical (unpaired) electrons. The Bertz CT molecular complexity index is 629. The molecule has 158 valence electrons. The van der Waals surface area contributed by atoms with Gasteiger partial charge in [0, 0.05) is 39.8 Å². The second kappa shape index (κ2) is 11.3. The molecule has 2 aliphatic rings. The maximum Gasteiger partial charge on any atom is 0.191 e. The van der Waals surface area contributed by atoms with E-state index in [1.807, 2.05) is 7.05 Å². The number of aliphatic imine (C=N–C) groups is 1. The number of rotatable bonds is 6. The summed E-state index contributed by atoms with van der Waals surface area (Å²) >= 11 is 0. The van der Waals surface area contributed by atoms with Crippen LogP contribution in [0, 0.1) is 6.92 Å². The molecule has 2 saturated heterocycles. The third kappa shape index (κ3) is 6.57. The molecule has 6 nitrogen and oxygen atoms in total. The van der Waals surface area contributed by atoms with Crippen molar-refractivity contribution in [1.29, 1.82) is 0 Å². The lowest BCUT2D eigenvalue weighted by molar-refractivity contribution is 0.0167. The van der Waals surface area contributed by atoms with Crippen LogP contribution in [-0.4, -0.2) is 69.5 Å². The Hall–Kier alpha value is -0.900. The molecular formula is C21H35IN4O2. The minimum atomic E-state index is -0.0855. The molecule has 2 atom stereocenters. The second-order valence-electron chi connectivity index (χ2n) is 7.79. The third-order valence-corrected chi connectivity index (χ3v) is 5.53. The molecule has 7 heteroatoms. The first-order valence-electron chi connectivity index (χ1n) is 10.1. The van der Waals surface area contributed by atoms with Crippen LogP contribution in [0.5, 0.6) is 0 Å². The number of hydrogen-bond donors (Lipinski definition) is 2. The Kier molecular flexibility index (Phi) is 9.46. The van der Waals surface area contributed by atoms with E-state index in [9.17, 15) is 0 Å². The summed E-state index contributed by atoms with van der Waals surface area (Å²) in [7, 11) is 1.82. The van der Waals surface area contributed by atoms with Crippen LogP contribution in [-0.2, 0) is 9.47 Å². The van der Waals surface area contributed by atoms with Crippen LogP contribution < -0.4 is 10.6 Å². The fourth-order valence-corrected chi connectivity index (χ4v) is 3.89. The van der Waals surface area contributed by atoms with Gasteiger partial charge in [0.25, 0.3) is 0 Å². The molecule has 2 aliphatic heterocycles. The van der Waals surface area contributed by atoms with E-state index in [2.05, 4.69) is 58.6 Å². The smallest absolute Gasteiger partial charge is 0.191 e. The zero-order valence-electron chi connectivity index (χ0n) is 17.4. The lowest BCUT2D eigenvalue weighted by Crippen LogP contribution is -2.49. The Labute approximate surface area is 186 Å². The highest BCUT2D eigenvalue weighted by molar-refractivity contribution is 14.0. The van der Waals surface area contributed by atoms with Crippen molar-refractivity contribution in [2.24, 2.45) is 4.99 Å². The highest BCUT2D eigenvalue weighted by Crippen LogP contribution is 2.24. The highest BCUT2D eigenvalue weighted by Gasteiger charge is 2.30. The van der Waals surface area contributed by atoms with E-state index in [4.69, 9.17) is 9.47 Å². The van der Waals surface area contributed by atoms with Crippen LogP contribution in [0.15, 0.2) is 29.3 Å². The predicted molar refractivity (Wildman–Crippen MR) is 125 cm³/mol. The summed E-state index contributed by atoms with van der Waals surface area (Å²) in [5.74, 6) is 0.831. The largest absolute Gasteiger partial charge is 0.379 e. The Morgan fingerprint density at radius 1 is 1.25 bits per heavy atom. The monoisotopic (exact) mass is 502 g/mol. The van der Waals surface area contributed by atoms with Crippen LogP contribution in [0.4, 0.5) is 0 Å². The van der Waals surface area contributed by atoms with Crippen molar-refractivity contribution in [2.75, 3.05) is 53.0 Å². The predicted octanol–water partition coefficient (Wildman–Crippen LogP) is 2.72. The quantitative estimate of drug-likeness (QED) is 0.356. The first kappa shape index (κ1) is 23.4. The molecule has 1 aromatic rings. The summed E-state index contributed by atoms with van der Waals surface area (Å²) < 4.78 is 11.4. The molecule has 1 aromatic carbocycles. The summed E-state index contributed by atoms with van der Waals surface area (Å²) in [6, 6.07) is 9.09. The molecule has 0 spiro atoms. The summed E-state index contributed by atoms with van der Waals surface area (Å²) in [5.41, 5.74) is 2.54. The summed E-state index contributed by atoms with van der Waals surface area (Å²) in [6.45, 7) is 10.3. The average molecular weight is 502 g/mol. The number of nitrogens with one attached hydrogen (secondary N) is 2. The van der Waals surface area contributed by atoms with E-state index in [0.717, 1.165) is 64.8 Å². The molecule has 0 aromatic heterocycles. The maximum absolute atomic E-state index is 5.87. The van der Waals surface area contributed by atoms with Crippen LogP contribution in [0.25, 0.3) is 0 Å². The van der Waals surface area contributed by atoms with Crippen LogP contribution in [0.3, 0.4) is 0 Å². The summed E-state index contributed by atoms with van der Waals surface area (Å²) in [5, 5.41) is 6.97. The fraction of sp³-hybridized carbons (Fsp3) is 0.667. The van der Waals surface area contributed by atoms with Crippen molar-refractivity contribution in [3.63, 3.8) is 0 Å². The molecule has 0 bridgehead atoms. The number of morpholine rings is 1. The summed E-state index contributed by atoms with van der Waals surface area (Å²) in [6.07, 6.45) is 2.23. The number of ether oxygens (including phenoxy) is 2. The molecule has 3 rings (SSSR count). The molecular weight excluding hydrogens is 467 g/mol. The first-order valence-corrected chi connectivity index (χ1v) is 10.1. The van der Waals surface area contributed by atoms with E-state index >= 15 is 0 Å². The molecule has 2 fully saturated rings. The van der Waals surface area contributed by atoms with Crippen molar-refractivity contribution in [2.45, 2.75) is 38.3 Å². The Morgan fingerprint density at radius 3 is 2.68 bits per heavy atom. The molecule has 2 unspecified atom stereocenters. The Balaban J connectivity index is 0.00000280. The standard InChI is InChI=1S/C21H34N4O2.HI/c1-17-6-4-7-18(14-17)19(25-9-12-26-13-10-25)15-23-20(22-3)24-16-21(2)8-5-11-27-21;/h4,6-7,14,19H,5,8-13,15-16H2,1-3H3,(H2,22,23,24);1H. The van der Waals surface area contributed by atoms with Crippen molar-refractivity contribution >= 4 is 29.9 Å². The van der Waals surface area contributed by atoms with Crippen molar-refractivity contribution in [1.82, 2.24) is 15.5 Å². The molecule has 0 aliphatic carbocycles. The van der Waals surface area contributed by atoms with E-state index in [1.165, 1.54) is 11.1 Å². The average Bonchev–Trinajstić information content (AvgIpc) is 3.12. The van der Waals surface area contributed by atoms with Gasteiger partial charge in [0.2, 0.25) is 0 Å². The van der Waals surface area contributed by atoms with Gasteiger partial charge in [-0.1, -0.05) is 29.8 Å². The SMILES string of the molecule is CN=C(NCC(c1cccc(C)c1)N1CCOCC1)NCC1(C)CCCO1.I. The maximum atomic E-state index is 5.87. The van der Waals surface area contributed by atoms with E-state index in [0.29, 0.717) is 6.04 Å². The second-order valence-corrected chi connectivity index (χ2v) is 7.79. The van der Waals surface area contributed by atoms with Gasteiger partial charge in [-0.05, 0) is 32.3 Å². The first-order chi connectivity index (χ1) is 13.1. The van der Waals surface area contributed by atoms with Gasteiger partial charge in [-0.25, -0.2) is 0 Å². The van der Waals surface area contributed by atoms with Crippen molar-refractivity contribution in [3.8, 4) is 0 Å². The number of guanidine groups is 1. The minimum absolute atomic E-state index is 0. The zero-order valence-corrected chi connectivity index (χ0v) is 19.7. The van der Waals surface area contributed by atoms with E-state index in [1.54, 1.807) is 0 Å².